The Labute approximate surface area is 126 Å². The van der Waals surface area contributed by atoms with Gasteiger partial charge in [0.05, 0.1) is 6.61 Å². The monoisotopic (exact) mass is 316 g/mol. The minimum absolute atomic E-state index is 0.0993. The molecule has 1 saturated carbocycles. The normalized spacial score (nSPS) is 15.9. The van der Waals surface area contributed by atoms with Gasteiger partial charge < -0.3 is 14.5 Å². The molecule has 7 heteroatoms. The number of nitrogens with one attached hydrogen (secondary N) is 1. The van der Waals surface area contributed by atoms with Crippen LogP contribution < -0.4 is 5.32 Å². The summed E-state index contributed by atoms with van der Waals surface area (Å²) in [4.78, 5) is 0.317. The van der Waals surface area contributed by atoms with E-state index in [2.05, 4.69) is 5.32 Å². The van der Waals surface area contributed by atoms with Gasteiger partial charge in [0.1, 0.15) is 16.4 Å². The topological polar surface area (TPSA) is 71.8 Å². The molecule has 0 bridgehead atoms. The van der Waals surface area contributed by atoms with Crippen LogP contribution in [-0.2, 0) is 21.3 Å². The van der Waals surface area contributed by atoms with Crippen LogP contribution in [0.3, 0.4) is 0 Å². The average molecular weight is 316 g/mol. The third-order valence-corrected chi connectivity index (χ3v) is 5.86. The Bertz CT molecular complexity index is 590. The zero-order valence-electron chi connectivity index (χ0n) is 13.1. The first-order valence-corrected chi connectivity index (χ1v) is 8.61. The van der Waals surface area contributed by atoms with Gasteiger partial charge in [-0.2, -0.15) is 4.31 Å². The summed E-state index contributed by atoms with van der Waals surface area (Å²) in [5.74, 6) is 1.11. The van der Waals surface area contributed by atoms with Gasteiger partial charge in [0.25, 0.3) is 0 Å². The molecule has 0 aromatic carbocycles. The van der Waals surface area contributed by atoms with E-state index in [0.717, 1.165) is 18.4 Å². The fourth-order valence-corrected chi connectivity index (χ4v) is 4.67. The summed E-state index contributed by atoms with van der Waals surface area (Å²) >= 11 is 0. The Morgan fingerprint density at radius 3 is 2.52 bits per heavy atom. The maximum atomic E-state index is 13.0. The van der Waals surface area contributed by atoms with Crippen LogP contribution in [0.15, 0.2) is 9.31 Å². The van der Waals surface area contributed by atoms with E-state index in [-0.39, 0.29) is 6.04 Å². The van der Waals surface area contributed by atoms with Crippen molar-refractivity contribution in [2.24, 2.45) is 0 Å². The van der Waals surface area contributed by atoms with E-state index < -0.39 is 10.0 Å². The van der Waals surface area contributed by atoms with E-state index in [1.165, 1.54) is 0 Å². The molecule has 1 heterocycles. The molecule has 6 nitrogen and oxygen atoms in total. The highest BCUT2D eigenvalue weighted by Gasteiger charge is 2.40. The molecule has 0 atom stereocenters. The lowest BCUT2D eigenvalue weighted by Crippen LogP contribution is -2.36. The van der Waals surface area contributed by atoms with Gasteiger partial charge in [0.15, 0.2) is 0 Å². The van der Waals surface area contributed by atoms with Crippen LogP contribution in [0.2, 0.25) is 0 Å². The first-order chi connectivity index (χ1) is 9.93. The van der Waals surface area contributed by atoms with E-state index in [4.69, 9.17) is 9.15 Å². The number of hydrogen-bond donors (Lipinski definition) is 1. The highest BCUT2D eigenvalue weighted by atomic mass is 32.2. The Hall–Kier alpha value is -0.890. The van der Waals surface area contributed by atoms with Crippen LogP contribution in [0, 0.1) is 13.8 Å². The van der Waals surface area contributed by atoms with Crippen LogP contribution in [0.4, 0.5) is 0 Å². The first kappa shape index (κ1) is 16.5. The van der Waals surface area contributed by atoms with Crippen molar-refractivity contribution in [1.29, 1.82) is 0 Å². The first-order valence-electron chi connectivity index (χ1n) is 7.17. The second-order valence-electron chi connectivity index (χ2n) is 5.39. The molecule has 2 rings (SSSR count). The van der Waals surface area contributed by atoms with Crippen molar-refractivity contribution < 1.29 is 17.6 Å². The van der Waals surface area contributed by atoms with Crippen LogP contribution in [0.5, 0.6) is 0 Å². The molecule has 1 aliphatic rings. The maximum Gasteiger partial charge on any atom is 0.247 e. The summed E-state index contributed by atoms with van der Waals surface area (Å²) < 4.78 is 38.2. The zero-order valence-corrected chi connectivity index (χ0v) is 13.9. The summed E-state index contributed by atoms with van der Waals surface area (Å²) in [6.07, 6.45) is 1.83. The molecule has 0 amide bonds. The minimum Gasteiger partial charge on any atom is -0.465 e. The Balaban J connectivity index is 2.42. The fraction of sp³-hybridized carbons (Fsp3) is 0.714. The highest BCUT2D eigenvalue weighted by molar-refractivity contribution is 7.89. The number of hydrogen-bond acceptors (Lipinski definition) is 5. The zero-order chi connectivity index (χ0) is 15.6. The lowest BCUT2D eigenvalue weighted by atomic mass is 10.2. The molecule has 1 aromatic rings. The smallest absolute Gasteiger partial charge is 0.247 e. The van der Waals surface area contributed by atoms with Gasteiger partial charge in [-0.25, -0.2) is 8.42 Å². The lowest BCUT2D eigenvalue weighted by Gasteiger charge is -2.22. The van der Waals surface area contributed by atoms with E-state index in [9.17, 15) is 8.42 Å². The van der Waals surface area contributed by atoms with Crippen molar-refractivity contribution in [2.75, 3.05) is 27.3 Å². The second kappa shape index (κ2) is 6.48. The molecule has 0 radical (unpaired) electrons. The number of sulfonamides is 1. The third kappa shape index (κ3) is 3.31. The molecule has 0 aliphatic heterocycles. The summed E-state index contributed by atoms with van der Waals surface area (Å²) in [6.45, 7) is 4.76. The molecule has 21 heavy (non-hydrogen) atoms. The number of nitrogens with zero attached hydrogens (tertiary/aromatic N) is 1. The summed E-state index contributed by atoms with van der Waals surface area (Å²) in [5, 5.41) is 3.01. The quantitative estimate of drug-likeness (QED) is 0.785. The maximum absolute atomic E-state index is 13.0. The van der Waals surface area contributed by atoms with E-state index in [1.807, 2.05) is 0 Å². The third-order valence-electron chi connectivity index (χ3n) is 3.72. The number of aryl methyl sites for hydroxylation is 2. The molecule has 1 aromatic heterocycles. The van der Waals surface area contributed by atoms with Gasteiger partial charge in [-0.15, -0.1) is 0 Å². The van der Waals surface area contributed by atoms with Crippen molar-refractivity contribution >= 4 is 10.0 Å². The largest absolute Gasteiger partial charge is 0.465 e. The van der Waals surface area contributed by atoms with Crippen molar-refractivity contribution in [1.82, 2.24) is 9.62 Å². The van der Waals surface area contributed by atoms with Crippen LogP contribution >= 0.6 is 0 Å². The lowest BCUT2D eigenvalue weighted by molar-refractivity contribution is 0.177. The van der Waals surface area contributed by atoms with Crippen molar-refractivity contribution in [3.63, 3.8) is 0 Å². The molecular weight excluding hydrogens is 292 g/mol. The van der Waals surface area contributed by atoms with E-state index in [0.29, 0.717) is 36.1 Å². The number of rotatable bonds is 8. The van der Waals surface area contributed by atoms with Crippen molar-refractivity contribution in [3.8, 4) is 0 Å². The van der Waals surface area contributed by atoms with Gasteiger partial charge in [0.2, 0.25) is 10.0 Å². The molecule has 1 N–H and O–H groups in total. The number of methoxy groups -OCH3 is 1. The molecular formula is C14H24N2O4S. The SMILES string of the molecule is CNCc1c(C)oc(C)c1S(=O)(=O)N(CCOC)C1CC1. The second-order valence-corrected chi connectivity index (χ2v) is 7.22. The molecule has 0 spiro atoms. The number of furan rings is 1. The van der Waals surface area contributed by atoms with Gasteiger partial charge in [-0.3, -0.25) is 0 Å². The van der Waals surface area contributed by atoms with Crippen molar-refractivity contribution in [2.45, 2.75) is 44.2 Å². The molecule has 1 fully saturated rings. The van der Waals surface area contributed by atoms with E-state index >= 15 is 0 Å². The van der Waals surface area contributed by atoms with Crippen LogP contribution in [-0.4, -0.2) is 46.1 Å². The fourth-order valence-electron chi connectivity index (χ4n) is 2.59. The molecule has 120 valence electrons. The van der Waals surface area contributed by atoms with Crippen molar-refractivity contribution in [3.05, 3.63) is 17.1 Å². The summed E-state index contributed by atoms with van der Waals surface area (Å²) in [6, 6.07) is 0.0993. The van der Waals surface area contributed by atoms with Gasteiger partial charge >= 0.3 is 0 Å². The Morgan fingerprint density at radius 2 is 2.00 bits per heavy atom. The minimum atomic E-state index is -3.55. The van der Waals surface area contributed by atoms with E-state index in [1.54, 1.807) is 32.3 Å². The highest BCUT2D eigenvalue weighted by Crippen LogP contribution is 2.35. The van der Waals surface area contributed by atoms with Gasteiger partial charge in [-0.05, 0) is 33.7 Å². The van der Waals surface area contributed by atoms with Gasteiger partial charge in [-0.1, -0.05) is 0 Å². The van der Waals surface area contributed by atoms with Gasteiger partial charge in [0, 0.05) is 31.8 Å². The molecule has 0 unspecified atom stereocenters. The predicted molar refractivity (Wildman–Crippen MR) is 79.7 cm³/mol. The Kier molecular flexibility index (Phi) is 5.08. The predicted octanol–water partition coefficient (Wildman–Crippen LogP) is 1.42. The Morgan fingerprint density at radius 1 is 1.33 bits per heavy atom. The molecule has 1 aliphatic carbocycles. The average Bonchev–Trinajstić information content (AvgIpc) is 3.18. The standard InChI is InChI=1S/C14H24N2O4S/c1-10-13(9-15-3)14(11(2)20-10)21(17,18)16(7-8-19-4)12-5-6-12/h12,15H,5-9H2,1-4H3. The number of ether oxygens (including phenoxy) is 1. The van der Waals surface area contributed by atoms with Crippen LogP contribution in [0.25, 0.3) is 0 Å². The van der Waals surface area contributed by atoms with Crippen LogP contribution in [0.1, 0.15) is 29.9 Å². The molecule has 0 saturated heterocycles. The summed E-state index contributed by atoms with van der Waals surface area (Å²) in [7, 11) is -0.179. The summed E-state index contributed by atoms with van der Waals surface area (Å²) in [5.41, 5.74) is 0.720.